The van der Waals surface area contributed by atoms with Gasteiger partial charge in [-0.25, -0.2) is 0 Å². The van der Waals surface area contributed by atoms with Crippen molar-refractivity contribution in [1.82, 2.24) is 0 Å². The summed E-state index contributed by atoms with van der Waals surface area (Å²) in [6.07, 6.45) is 0. The second-order valence-corrected chi connectivity index (χ2v) is 15.2. The minimum atomic E-state index is 0.906. The number of benzene rings is 9. The highest BCUT2D eigenvalue weighted by Crippen LogP contribution is 2.43. The van der Waals surface area contributed by atoms with E-state index < -0.39 is 0 Å². The molecule has 0 aliphatic rings. The minimum Gasteiger partial charge on any atom is -0.456 e. The molecule has 2 aromatic heterocycles. The largest absolute Gasteiger partial charge is 0.456 e. The van der Waals surface area contributed by atoms with Crippen LogP contribution in [0.25, 0.3) is 86.3 Å². The average Bonchev–Trinajstić information content (AvgIpc) is 3.82. The molecule has 258 valence electrons. The van der Waals surface area contributed by atoms with Crippen LogP contribution in [0.2, 0.25) is 0 Å². The number of nitrogens with zero attached hydrogens (tertiary/aromatic N) is 1. The van der Waals surface area contributed by atoms with Crippen molar-refractivity contribution in [1.29, 1.82) is 0 Å². The van der Waals surface area contributed by atoms with Crippen molar-refractivity contribution in [3.63, 3.8) is 0 Å². The molecule has 0 atom stereocenters. The number of furan rings is 1. The van der Waals surface area contributed by atoms with Gasteiger partial charge in [0.15, 0.2) is 0 Å². The number of thiophene rings is 1. The van der Waals surface area contributed by atoms with Crippen LogP contribution in [0.4, 0.5) is 17.1 Å². The van der Waals surface area contributed by atoms with Crippen molar-refractivity contribution in [2.75, 3.05) is 4.90 Å². The van der Waals surface area contributed by atoms with Gasteiger partial charge >= 0.3 is 0 Å². The lowest BCUT2D eigenvalue weighted by Crippen LogP contribution is -2.09. The number of hydrogen-bond acceptors (Lipinski definition) is 3. The maximum absolute atomic E-state index is 6.24. The van der Waals surface area contributed by atoms with E-state index in [1.165, 1.54) is 47.6 Å². The Morgan fingerprint density at radius 2 is 0.982 bits per heavy atom. The summed E-state index contributed by atoms with van der Waals surface area (Å²) in [4.78, 5) is 2.39. The number of hydrogen-bond donors (Lipinski definition) is 0. The van der Waals surface area contributed by atoms with Crippen molar-refractivity contribution in [2.45, 2.75) is 0 Å². The van der Waals surface area contributed by atoms with Crippen LogP contribution in [0.3, 0.4) is 0 Å². The number of anilines is 3. The zero-order chi connectivity index (χ0) is 36.3. The summed E-state index contributed by atoms with van der Waals surface area (Å²) in [6.45, 7) is 0. The fraction of sp³-hybridized carbons (Fsp3) is 0. The first kappa shape index (κ1) is 31.6. The maximum Gasteiger partial charge on any atom is 0.136 e. The second kappa shape index (κ2) is 12.9. The molecule has 0 aliphatic carbocycles. The van der Waals surface area contributed by atoms with Gasteiger partial charge in [0.05, 0.1) is 0 Å². The minimum absolute atomic E-state index is 0.906. The Hall–Kier alpha value is -6.94. The van der Waals surface area contributed by atoms with Crippen LogP contribution < -0.4 is 4.90 Å². The molecule has 11 aromatic rings. The van der Waals surface area contributed by atoms with Crippen molar-refractivity contribution in [3.05, 3.63) is 200 Å². The monoisotopic (exact) mass is 719 g/mol. The van der Waals surface area contributed by atoms with Crippen LogP contribution in [-0.4, -0.2) is 0 Å². The highest BCUT2D eigenvalue weighted by atomic mass is 32.1. The van der Waals surface area contributed by atoms with Gasteiger partial charge in [-0.05, 0) is 111 Å². The summed E-state index contributed by atoms with van der Waals surface area (Å²) in [6, 6.07) is 72.3. The van der Waals surface area contributed by atoms with Gasteiger partial charge in [-0.2, -0.15) is 0 Å². The molecule has 9 aromatic carbocycles. The molecule has 2 nitrogen and oxygen atoms in total. The van der Waals surface area contributed by atoms with E-state index >= 15 is 0 Å². The highest BCUT2D eigenvalue weighted by Gasteiger charge is 2.17. The Bertz CT molecular complexity index is 3220. The summed E-state index contributed by atoms with van der Waals surface area (Å²) < 4.78 is 8.83. The molecule has 0 saturated heterocycles. The number of fused-ring (bicyclic) bond motifs is 7. The van der Waals surface area contributed by atoms with Gasteiger partial charge < -0.3 is 9.32 Å². The first-order valence-electron chi connectivity index (χ1n) is 18.7. The molecular weight excluding hydrogens is 687 g/mol. The van der Waals surface area contributed by atoms with E-state index in [0.29, 0.717) is 0 Å². The first-order valence-corrected chi connectivity index (χ1v) is 19.5. The van der Waals surface area contributed by atoms with Crippen molar-refractivity contribution in [2.24, 2.45) is 0 Å². The van der Waals surface area contributed by atoms with Gasteiger partial charge in [0.1, 0.15) is 11.2 Å². The molecule has 0 saturated carbocycles. The van der Waals surface area contributed by atoms with Gasteiger partial charge in [-0.3, -0.25) is 0 Å². The fourth-order valence-electron chi connectivity index (χ4n) is 8.18. The zero-order valence-corrected chi connectivity index (χ0v) is 30.6. The van der Waals surface area contributed by atoms with Crippen LogP contribution in [-0.2, 0) is 0 Å². The third-order valence-corrected chi connectivity index (χ3v) is 12.0. The summed E-state index contributed by atoms with van der Waals surface area (Å²) in [5.41, 5.74) is 12.2. The van der Waals surface area contributed by atoms with Crippen LogP contribution in [0.1, 0.15) is 0 Å². The molecular formula is C52H33NOS. The molecule has 0 spiro atoms. The van der Waals surface area contributed by atoms with E-state index in [-0.39, 0.29) is 0 Å². The smallest absolute Gasteiger partial charge is 0.136 e. The van der Waals surface area contributed by atoms with E-state index in [2.05, 4.69) is 193 Å². The van der Waals surface area contributed by atoms with Gasteiger partial charge in [0, 0.05) is 48.0 Å². The lowest BCUT2D eigenvalue weighted by Gasteiger charge is -2.26. The third-order valence-electron chi connectivity index (χ3n) is 10.8. The van der Waals surface area contributed by atoms with Crippen LogP contribution >= 0.6 is 11.3 Å². The summed E-state index contributed by atoms with van der Waals surface area (Å²) in [5.74, 6) is 0. The Kier molecular flexibility index (Phi) is 7.39. The Morgan fingerprint density at radius 1 is 0.345 bits per heavy atom. The van der Waals surface area contributed by atoms with Crippen LogP contribution in [0, 0.1) is 0 Å². The second-order valence-electron chi connectivity index (χ2n) is 14.1. The zero-order valence-electron chi connectivity index (χ0n) is 29.8. The fourth-order valence-corrected chi connectivity index (χ4v) is 9.32. The van der Waals surface area contributed by atoms with Crippen molar-refractivity contribution in [3.8, 4) is 33.4 Å². The first-order chi connectivity index (χ1) is 27.2. The van der Waals surface area contributed by atoms with Crippen molar-refractivity contribution >= 4 is 81.3 Å². The average molecular weight is 720 g/mol. The van der Waals surface area contributed by atoms with E-state index in [4.69, 9.17) is 4.42 Å². The number of para-hydroxylation sites is 1. The summed E-state index contributed by atoms with van der Waals surface area (Å²) in [7, 11) is 0. The van der Waals surface area contributed by atoms with E-state index in [0.717, 1.165) is 55.7 Å². The summed E-state index contributed by atoms with van der Waals surface area (Å²) >= 11 is 1.85. The lowest BCUT2D eigenvalue weighted by molar-refractivity contribution is 0.669. The van der Waals surface area contributed by atoms with E-state index in [9.17, 15) is 0 Å². The predicted molar refractivity (Wildman–Crippen MR) is 235 cm³/mol. The van der Waals surface area contributed by atoms with Crippen molar-refractivity contribution < 1.29 is 4.42 Å². The van der Waals surface area contributed by atoms with Crippen LogP contribution in [0.5, 0.6) is 0 Å². The molecule has 11 rings (SSSR count). The normalized spacial score (nSPS) is 11.6. The highest BCUT2D eigenvalue weighted by molar-refractivity contribution is 7.25. The maximum atomic E-state index is 6.24. The Balaban J connectivity index is 1.02. The van der Waals surface area contributed by atoms with E-state index in [1.807, 2.05) is 23.5 Å². The number of rotatable bonds is 6. The molecule has 0 aliphatic heterocycles. The van der Waals surface area contributed by atoms with Gasteiger partial charge in [0.25, 0.3) is 0 Å². The quantitative estimate of drug-likeness (QED) is 0.170. The molecule has 0 fully saturated rings. The molecule has 0 bridgehead atoms. The standard InChI is InChI=1S/C52H33NOS/c1-2-11-36-30-39(23-22-34(36)10-1)35-24-26-41(27-25-35)53(43-28-29-46-45-16-4-6-21-50(45)55-51(46)33-43)42-15-8-13-38(32-42)37-12-7-14-40(31-37)44-18-9-20-49-52(44)47-17-3-5-19-48(47)54-49/h1-33H. The Labute approximate surface area is 322 Å². The molecule has 0 N–H and O–H groups in total. The topological polar surface area (TPSA) is 16.4 Å². The van der Waals surface area contributed by atoms with Gasteiger partial charge in [-0.15, -0.1) is 11.3 Å². The van der Waals surface area contributed by atoms with Crippen LogP contribution in [0.15, 0.2) is 205 Å². The lowest BCUT2D eigenvalue weighted by atomic mass is 9.95. The molecule has 3 heteroatoms. The molecule has 0 amide bonds. The SMILES string of the molecule is c1cc(-c2cccc(N(c3ccc(-c4ccc5ccccc5c4)cc3)c3ccc4c(c3)sc3ccccc34)c2)cc(-c2cccc3oc4ccccc4c23)c1. The Morgan fingerprint density at radius 3 is 1.89 bits per heavy atom. The van der Waals surface area contributed by atoms with E-state index in [1.54, 1.807) is 0 Å². The van der Waals surface area contributed by atoms with Gasteiger partial charge in [0.2, 0.25) is 0 Å². The third kappa shape index (κ3) is 5.48. The molecule has 2 heterocycles. The van der Waals surface area contributed by atoms with Gasteiger partial charge in [-0.1, -0.05) is 133 Å². The molecule has 0 radical (unpaired) electrons. The predicted octanol–water partition coefficient (Wildman–Crippen LogP) is 15.6. The molecule has 55 heavy (non-hydrogen) atoms. The summed E-state index contributed by atoms with van der Waals surface area (Å²) in [5, 5.41) is 7.39. The molecule has 0 unspecified atom stereocenters.